The fraction of sp³-hybridized carbons (Fsp3) is 0.353. The quantitative estimate of drug-likeness (QED) is 0.731. The highest BCUT2D eigenvalue weighted by molar-refractivity contribution is 5.24. The van der Waals surface area contributed by atoms with E-state index in [1.54, 1.807) is 0 Å². The Morgan fingerprint density at radius 2 is 1.25 bits per heavy atom. The normalized spacial score (nSPS) is 17.3. The lowest BCUT2D eigenvalue weighted by Gasteiger charge is -2.21. The van der Waals surface area contributed by atoms with Crippen LogP contribution in [0.1, 0.15) is 22.5 Å². The number of hydrogen-bond donors (Lipinski definition) is 0. The number of pyridine rings is 1. The van der Waals surface area contributed by atoms with Gasteiger partial charge in [-0.25, -0.2) is 0 Å². The molecule has 104 valence electrons. The summed E-state index contributed by atoms with van der Waals surface area (Å²) >= 11 is 0. The second-order valence-corrected chi connectivity index (χ2v) is 5.78. The molecule has 0 aliphatic carbocycles. The molecule has 2 heterocycles. The number of hydrogen-bond acceptors (Lipinski definition) is 3. The van der Waals surface area contributed by atoms with Gasteiger partial charge in [-0.1, -0.05) is 30.3 Å². The summed E-state index contributed by atoms with van der Waals surface area (Å²) in [5.74, 6) is 0. The minimum absolute atomic E-state index is 0.891. The molecule has 3 heteroatoms. The zero-order chi connectivity index (χ0) is 13.9. The van der Waals surface area contributed by atoms with E-state index in [1.165, 1.54) is 11.1 Å². The van der Waals surface area contributed by atoms with Gasteiger partial charge in [0.1, 0.15) is 0 Å². The molecular formula is C17H21N3. The molecule has 0 atom stereocenters. The standard InChI is InChI=1S/C17H21N3/c1-19-10-14-5-3-6-15(9-14)11-20(2)13-17-8-4-7-16(12-19)18-17/h3-9H,10-13H2,1-2H3. The van der Waals surface area contributed by atoms with Crippen LogP contribution in [-0.2, 0) is 26.2 Å². The molecule has 3 rings (SSSR count). The molecule has 2 aromatic rings. The average molecular weight is 267 g/mol. The zero-order valence-corrected chi connectivity index (χ0v) is 12.2. The number of nitrogens with zero attached hydrogens (tertiary/aromatic N) is 3. The molecule has 0 fully saturated rings. The van der Waals surface area contributed by atoms with Crippen molar-refractivity contribution in [1.29, 1.82) is 0 Å². The number of fused-ring (bicyclic) bond motifs is 4. The van der Waals surface area contributed by atoms with Crippen LogP contribution < -0.4 is 0 Å². The third-order valence-corrected chi connectivity index (χ3v) is 3.62. The number of aromatic nitrogens is 1. The predicted molar refractivity (Wildman–Crippen MR) is 81.0 cm³/mol. The van der Waals surface area contributed by atoms with E-state index in [9.17, 15) is 0 Å². The maximum Gasteiger partial charge on any atom is 0.0547 e. The third-order valence-electron chi connectivity index (χ3n) is 3.62. The smallest absolute Gasteiger partial charge is 0.0547 e. The molecule has 3 nitrogen and oxygen atoms in total. The van der Waals surface area contributed by atoms with Crippen molar-refractivity contribution < 1.29 is 0 Å². The molecule has 1 aliphatic rings. The summed E-state index contributed by atoms with van der Waals surface area (Å²) in [6.07, 6.45) is 0. The van der Waals surface area contributed by atoms with Crippen LogP contribution in [0, 0.1) is 0 Å². The van der Waals surface area contributed by atoms with Gasteiger partial charge in [-0.3, -0.25) is 14.8 Å². The van der Waals surface area contributed by atoms with Gasteiger partial charge in [0.05, 0.1) is 11.4 Å². The van der Waals surface area contributed by atoms with Gasteiger partial charge in [0.25, 0.3) is 0 Å². The van der Waals surface area contributed by atoms with Gasteiger partial charge in [0, 0.05) is 26.2 Å². The summed E-state index contributed by atoms with van der Waals surface area (Å²) in [6.45, 7) is 3.70. The van der Waals surface area contributed by atoms with Gasteiger partial charge >= 0.3 is 0 Å². The van der Waals surface area contributed by atoms with Crippen molar-refractivity contribution in [1.82, 2.24) is 14.8 Å². The molecule has 4 bridgehead atoms. The van der Waals surface area contributed by atoms with Gasteiger partial charge in [0.15, 0.2) is 0 Å². The van der Waals surface area contributed by atoms with Gasteiger partial charge < -0.3 is 0 Å². The molecule has 1 aromatic heterocycles. The summed E-state index contributed by atoms with van der Waals surface area (Å²) in [5, 5.41) is 0. The second-order valence-electron chi connectivity index (χ2n) is 5.78. The summed E-state index contributed by atoms with van der Waals surface area (Å²) in [6, 6.07) is 15.2. The van der Waals surface area contributed by atoms with E-state index in [2.05, 4.69) is 66.4 Å². The maximum absolute atomic E-state index is 4.76. The highest BCUT2D eigenvalue weighted by atomic mass is 15.1. The SMILES string of the molecule is CN1Cc2cccc(c2)CN(C)Cc2cccc(n2)C1. The van der Waals surface area contributed by atoms with Crippen molar-refractivity contribution in [2.24, 2.45) is 0 Å². The molecule has 20 heavy (non-hydrogen) atoms. The first-order valence-corrected chi connectivity index (χ1v) is 7.09. The van der Waals surface area contributed by atoms with Crippen LogP contribution in [0.4, 0.5) is 0 Å². The van der Waals surface area contributed by atoms with Crippen LogP contribution in [0.2, 0.25) is 0 Å². The summed E-state index contributed by atoms with van der Waals surface area (Å²) in [4.78, 5) is 9.39. The van der Waals surface area contributed by atoms with Crippen molar-refractivity contribution in [3.8, 4) is 0 Å². The van der Waals surface area contributed by atoms with Crippen LogP contribution in [0.5, 0.6) is 0 Å². The Bertz CT molecular complexity index is 498. The first-order chi connectivity index (χ1) is 9.69. The third kappa shape index (κ3) is 3.24. The van der Waals surface area contributed by atoms with Crippen molar-refractivity contribution in [2.75, 3.05) is 14.1 Å². The predicted octanol–water partition coefficient (Wildman–Crippen LogP) is 2.66. The Balaban J connectivity index is 1.93. The topological polar surface area (TPSA) is 19.4 Å². The Labute approximate surface area is 120 Å². The van der Waals surface area contributed by atoms with Crippen LogP contribution in [-0.4, -0.2) is 28.9 Å². The van der Waals surface area contributed by atoms with E-state index in [-0.39, 0.29) is 0 Å². The van der Waals surface area contributed by atoms with E-state index in [1.807, 2.05) is 0 Å². The van der Waals surface area contributed by atoms with Gasteiger partial charge in [0.2, 0.25) is 0 Å². The Hall–Kier alpha value is -1.71. The van der Waals surface area contributed by atoms with Crippen molar-refractivity contribution in [2.45, 2.75) is 26.2 Å². The van der Waals surface area contributed by atoms with Crippen LogP contribution >= 0.6 is 0 Å². The molecule has 1 aliphatic heterocycles. The summed E-state index contributed by atoms with van der Waals surface area (Å²) < 4.78 is 0. The summed E-state index contributed by atoms with van der Waals surface area (Å²) in [5.41, 5.74) is 5.04. The Morgan fingerprint density at radius 3 is 1.80 bits per heavy atom. The largest absolute Gasteiger partial charge is 0.296 e. The Kier molecular flexibility index (Phi) is 3.81. The minimum Gasteiger partial charge on any atom is -0.296 e. The molecule has 0 radical (unpaired) electrons. The number of benzene rings is 1. The Morgan fingerprint density at radius 1 is 0.750 bits per heavy atom. The van der Waals surface area contributed by atoms with E-state index in [0.29, 0.717) is 0 Å². The highest BCUT2D eigenvalue weighted by Crippen LogP contribution is 2.14. The fourth-order valence-electron chi connectivity index (χ4n) is 2.82. The number of rotatable bonds is 0. The lowest BCUT2D eigenvalue weighted by molar-refractivity contribution is 0.301. The average Bonchev–Trinajstić information content (AvgIpc) is 2.38. The highest BCUT2D eigenvalue weighted by Gasteiger charge is 2.09. The van der Waals surface area contributed by atoms with Crippen molar-refractivity contribution >= 4 is 0 Å². The minimum atomic E-state index is 0.891. The summed E-state index contributed by atoms with van der Waals surface area (Å²) in [7, 11) is 4.30. The van der Waals surface area contributed by atoms with E-state index >= 15 is 0 Å². The molecule has 0 saturated carbocycles. The molecule has 0 unspecified atom stereocenters. The lowest BCUT2D eigenvalue weighted by atomic mass is 10.1. The van der Waals surface area contributed by atoms with Crippen molar-refractivity contribution in [3.63, 3.8) is 0 Å². The molecule has 0 saturated heterocycles. The van der Waals surface area contributed by atoms with Crippen LogP contribution in [0.3, 0.4) is 0 Å². The van der Waals surface area contributed by atoms with E-state index in [4.69, 9.17) is 4.98 Å². The molecule has 0 amide bonds. The van der Waals surface area contributed by atoms with Gasteiger partial charge in [-0.2, -0.15) is 0 Å². The first-order valence-electron chi connectivity index (χ1n) is 7.09. The maximum atomic E-state index is 4.76. The second kappa shape index (κ2) is 5.73. The van der Waals surface area contributed by atoms with Crippen molar-refractivity contribution in [3.05, 3.63) is 65.0 Å². The van der Waals surface area contributed by atoms with Gasteiger partial charge in [-0.15, -0.1) is 0 Å². The molecule has 1 aromatic carbocycles. The van der Waals surface area contributed by atoms with E-state index < -0.39 is 0 Å². The molecule has 0 spiro atoms. The van der Waals surface area contributed by atoms with Gasteiger partial charge in [-0.05, 0) is 37.4 Å². The zero-order valence-electron chi connectivity index (χ0n) is 12.2. The first kappa shape index (κ1) is 13.3. The molecular weight excluding hydrogens is 246 g/mol. The van der Waals surface area contributed by atoms with E-state index in [0.717, 1.165) is 37.6 Å². The van der Waals surface area contributed by atoms with Crippen LogP contribution in [0.25, 0.3) is 0 Å². The molecule has 0 N–H and O–H groups in total. The lowest BCUT2D eigenvalue weighted by Crippen LogP contribution is -2.22. The fourth-order valence-corrected chi connectivity index (χ4v) is 2.82. The van der Waals surface area contributed by atoms with Crippen LogP contribution in [0.15, 0.2) is 42.5 Å². The monoisotopic (exact) mass is 267 g/mol.